The summed E-state index contributed by atoms with van der Waals surface area (Å²) >= 11 is 2.04. The first kappa shape index (κ1) is 42.8. The molecule has 3 heterocycles. The minimum absolute atomic E-state index is 0. The predicted molar refractivity (Wildman–Crippen MR) is 223 cm³/mol. The molecule has 287 valence electrons. The Morgan fingerprint density at radius 1 is 0.943 bits per heavy atom. The molecular formula is C47H60IrNO3S-. The zero-order valence-electron chi connectivity index (χ0n) is 34.0. The van der Waals surface area contributed by atoms with Gasteiger partial charge in [0, 0.05) is 69.8 Å². The third kappa shape index (κ3) is 8.51. The standard InChI is InChI=1S/C32H32NOS.C15H28O2.Ir/c1-18(2)15-27-19(3)28-26(35-27)12-11-25-29(28)23-13-14-33-30(31(23)34-25)21-16-20-9-7-8-10-22(20)24(17-21)32(4,5)6;1-7-14(5,8-2)12(16)11-13(17)15(6,9-3)10-4;/h7-14,17-19,27H,15H2,1-6H3;11,16H,7-10H2,1-6H3;/q-1;;/b;12-11-;. The largest absolute Gasteiger partial charge is 0.512 e. The molecule has 5 aromatic rings. The number of aromatic nitrogens is 1. The number of furan rings is 1. The number of aliphatic hydroxyl groups is 1. The van der Waals surface area contributed by atoms with Crippen LogP contribution in [0.1, 0.15) is 132 Å². The zero-order valence-corrected chi connectivity index (χ0v) is 37.2. The molecule has 1 radical (unpaired) electrons. The molecule has 2 atom stereocenters. The molecule has 1 N–H and O–H groups in total. The van der Waals surface area contributed by atoms with E-state index in [1.165, 1.54) is 44.7 Å². The van der Waals surface area contributed by atoms with Crippen molar-refractivity contribution in [3.8, 4) is 11.3 Å². The van der Waals surface area contributed by atoms with Crippen molar-refractivity contribution in [3.05, 3.63) is 83.8 Å². The van der Waals surface area contributed by atoms with Crippen LogP contribution in [0.5, 0.6) is 0 Å². The van der Waals surface area contributed by atoms with Gasteiger partial charge in [-0.1, -0.05) is 112 Å². The van der Waals surface area contributed by atoms with Crippen LogP contribution < -0.4 is 0 Å². The number of thioether (sulfide) groups is 1. The van der Waals surface area contributed by atoms with E-state index in [4.69, 9.17) is 9.40 Å². The van der Waals surface area contributed by atoms with Gasteiger partial charge in [-0.15, -0.1) is 40.9 Å². The maximum atomic E-state index is 12.2. The number of allylic oxidation sites excluding steroid dienone is 2. The van der Waals surface area contributed by atoms with Crippen LogP contribution in [0.15, 0.2) is 75.9 Å². The number of pyridine rings is 1. The summed E-state index contributed by atoms with van der Waals surface area (Å²) < 4.78 is 6.57. The molecule has 4 nitrogen and oxygen atoms in total. The van der Waals surface area contributed by atoms with Crippen LogP contribution in [0.2, 0.25) is 0 Å². The van der Waals surface area contributed by atoms with Crippen molar-refractivity contribution in [2.24, 2.45) is 16.7 Å². The van der Waals surface area contributed by atoms with Gasteiger partial charge in [-0.3, -0.25) is 9.78 Å². The van der Waals surface area contributed by atoms with E-state index in [0.717, 1.165) is 53.5 Å². The van der Waals surface area contributed by atoms with Gasteiger partial charge in [0.2, 0.25) is 0 Å². The number of aliphatic hydroxyl groups excluding tert-OH is 1. The summed E-state index contributed by atoms with van der Waals surface area (Å²) in [6.45, 7) is 25.9. The van der Waals surface area contributed by atoms with Crippen LogP contribution in [0.25, 0.3) is 44.0 Å². The molecule has 6 heteroatoms. The van der Waals surface area contributed by atoms with Crippen molar-refractivity contribution in [1.29, 1.82) is 0 Å². The summed E-state index contributed by atoms with van der Waals surface area (Å²) in [5, 5.41) is 15.6. The molecule has 2 unspecified atom stereocenters. The average molecular weight is 911 g/mol. The van der Waals surface area contributed by atoms with Crippen LogP contribution in [-0.4, -0.2) is 21.1 Å². The third-order valence-corrected chi connectivity index (χ3v) is 13.5. The molecule has 0 bridgehead atoms. The maximum absolute atomic E-state index is 12.2. The second kappa shape index (κ2) is 16.8. The van der Waals surface area contributed by atoms with Crippen molar-refractivity contribution >= 4 is 50.3 Å². The van der Waals surface area contributed by atoms with E-state index in [9.17, 15) is 9.90 Å². The third-order valence-electron chi connectivity index (χ3n) is 12.0. The van der Waals surface area contributed by atoms with Gasteiger partial charge in [-0.05, 0) is 73.1 Å². The van der Waals surface area contributed by atoms with Gasteiger partial charge in [-0.2, -0.15) is 0 Å². The number of ketones is 1. The van der Waals surface area contributed by atoms with Crippen molar-refractivity contribution in [2.75, 3.05) is 0 Å². The Morgan fingerprint density at radius 2 is 1.58 bits per heavy atom. The SMILES string of the molecule is CC(C)CC1Sc2ccc3oc4c(-c5[c-]c6ccccc6c(C(C)(C)C)c5)nccc4c3c2C1C.CCC(C)(CC)C(=O)/C=C(\O)C(C)(CC)CC.[Ir]. The number of fused-ring (bicyclic) bond motifs is 6. The summed E-state index contributed by atoms with van der Waals surface area (Å²) in [6.07, 6.45) is 7.92. The van der Waals surface area contributed by atoms with Crippen LogP contribution in [0, 0.1) is 22.8 Å². The monoisotopic (exact) mass is 911 g/mol. The van der Waals surface area contributed by atoms with Crippen molar-refractivity contribution in [3.63, 3.8) is 0 Å². The normalized spacial score (nSPS) is 16.5. The first-order chi connectivity index (χ1) is 24.5. The molecule has 0 saturated carbocycles. The molecule has 0 fully saturated rings. The van der Waals surface area contributed by atoms with Gasteiger partial charge >= 0.3 is 0 Å². The van der Waals surface area contributed by atoms with Gasteiger partial charge in [0.1, 0.15) is 16.9 Å². The molecule has 1 aliphatic heterocycles. The van der Waals surface area contributed by atoms with Gasteiger partial charge in [0.15, 0.2) is 5.78 Å². The molecule has 0 aliphatic carbocycles. The van der Waals surface area contributed by atoms with Gasteiger partial charge in [0.05, 0.1) is 0 Å². The topological polar surface area (TPSA) is 63.3 Å². The summed E-state index contributed by atoms with van der Waals surface area (Å²) in [6, 6.07) is 21.0. The smallest absolute Gasteiger partial charge is 0.164 e. The first-order valence-electron chi connectivity index (χ1n) is 19.4. The van der Waals surface area contributed by atoms with Gasteiger partial charge in [-0.25, -0.2) is 0 Å². The number of benzene rings is 3. The minimum Gasteiger partial charge on any atom is -0.512 e. The molecule has 0 saturated heterocycles. The average Bonchev–Trinajstić information content (AvgIpc) is 3.66. The fourth-order valence-corrected chi connectivity index (χ4v) is 9.09. The number of hydrogen-bond donors (Lipinski definition) is 1. The quantitative estimate of drug-likeness (QED) is 0.0859. The number of rotatable bonds is 10. The number of carbonyl (C=O) groups excluding carboxylic acids is 1. The number of nitrogens with zero attached hydrogens (tertiary/aromatic N) is 1. The first-order valence-corrected chi connectivity index (χ1v) is 20.3. The van der Waals surface area contributed by atoms with E-state index in [-0.39, 0.29) is 47.9 Å². The van der Waals surface area contributed by atoms with Gasteiger partial charge in [0.25, 0.3) is 0 Å². The van der Waals surface area contributed by atoms with Crippen LogP contribution in [0.4, 0.5) is 0 Å². The molecule has 0 amide bonds. The predicted octanol–water partition coefficient (Wildman–Crippen LogP) is 14.2. The second-order valence-electron chi connectivity index (χ2n) is 16.9. The molecule has 0 spiro atoms. The van der Waals surface area contributed by atoms with Crippen LogP contribution >= 0.6 is 11.8 Å². The molecular weight excluding hydrogens is 851 g/mol. The number of carbonyl (C=O) groups is 1. The van der Waals surface area contributed by atoms with E-state index < -0.39 is 0 Å². The second-order valence-corrected chi connectivity index (χ2v) is 18.2. The molecule has 6 rings (SSSR count). The van der Waals surface area contributed by atoms with Crippen molar-refractivity contribution in [2.45, 2.75) is 137 Å². The molecule has 53 heavy (non-hydrogen) atoms. The van der Waals surface area contributed by atoms with Gasteiger partial charge < -0.3 is 9.52 Å². The Bertz CT molecular complexity index is 2090. The van der Waals surface area contributed by atoms with Crippen LogP contribution in [-0.2, 0) is 30.3 Å². The Morgan fingerprint density at radius 3 is 2.19 bits per heavy atom. The van der Waals surface area contributed by atoms with E-state index in [2.05, 4.69) is 96.1 Å². The summed E-state index contributed by atoms with van der Waals surface area (Å²) in [7, 11) is 0. The Hall–Kier alpha value is -2.92. The number of hydrogen-bond acceptors (Lipinski definition) is 5. The Kier molecular flexibility index (Phi) is 13.6. The molecule has 2 aromatic heterocycles. The zero-order chi connectivity index (χ0) is 38.2. The summed E-state index contributed by atoms with van der Waals surface area (Å²) in [5.41, 5.74) is 5.86. The van der Waals surface area contributed by atoms with E-state index in [1.807, 2.05) is 59.5 Å². The maximum Gasteiger partial charge on any atom is 0.164 e. The Labute approximate surface area is 336 Å². The molecule has 3 aromatic carbocycles. The van der Waals surface area contributed by atoms with Crippen molar-refractivity contribution in [1.82, 2.24) is 4.98 Å². The van der Waals surface area contributed by atoms with Crippen molar-refractivity contribution < 1.29 is 34.4 Å². The van der Waals surface area contributed by atoms with E-state index >= 15 is 0 Å². The van der Waals surface area contributed by atoms with E-state index in [0.29, 0.717) is 17.1 Å². The summed E-state index contributed by atoms with van der Waals surface area (Å²) in [5.74, 6) is 1.48. The summed E-state index contributed by atoms with van der Waals surface area (Å²) in [4.78, 5) is 18.4. The fourth-order valence-electron chi connectivity index (χ4n) is 7.38. The molecule has 1 aliphatic rings. The van der Waals surface area contributed by atoms with E-state index in [1.54, 1.807) is 0 Å². The minimum atomic E-state index is -0.337. The fraction of sp³-hybridized carbons (Fsp3) is 0.489. The Balaban J connectivity index is 0.000000299. The van der Waals surface area contributed by atoms with Crippen LogP contribution in [0.3, 0.4) is 0 Å².